The number of hydrogen-bond donors (Lipinski definition) is 0. The molecule has 2 bridgehead atoms. The van der Waals surface area contributed by atoms with E-state index >= 15 is 0 Å². The molecule has 0 amide bonds. The van der Waals surface area contributed by atoms with Crippen molar-refractivity contribution in [3.8, 4) is 11.5 Å². The molecule has 0 saturated carbocycles. The van der Waals surface area contributed by atoms with Crippen LogP contribution in [0.5, 0.6) is 11.5 Å². The second kappa shape index (κ2) is 6.62. The summed E-state index contributed by atoms with van der Waals surface area (Å²) in [5.41, 5.74) is 1.34. The standard InChI is InChI=1S/C21H28O3/c1-5-6-7-10-15-12-17-19-18(13-15)24-21(3,4)16(20(19)22)11-8-9-14(2)23-17/h9,12-13,16H,5-8,10-11H2,1-4H3. The molecule has 3 nitrogen and oxygen atoms in total. The van der Waals surface area contributed by atoms with Gasteiger partial charge in [-0.3, -0.25) is 4.79 Å². The summed E-state index contributed by atoms with van der Waals surface area (Å²) in [6.45, 7) is 8.21. The molecule has 1 aromatic rings. The highest BCUT2D eigenvalue weighted by atomic mass is 16.5. The van der Waals surface area contributed by atoms with Crippen LogP contribution in [0.4, 0.5) is 0 Å². The zero-order chi connectivity index (χ0) is 17.3. The van der Waals surface area contributed by atoms with Gasteiger partial charge >= 0.3 is 0 Å². The molecule has 1 aromatic carbocycles. The van der Waals surface area contributed by atoms with E-state index in [9.17, 15) is 4.79 Å². The van der Waals surface area contributed by atoms with Crippen molar-refractivity contribution in [2.45, 2.75) is 71.8 Å². The molecule has 1 unspecified atom stereocenters. The maximum absolute atomic E-state index is 13.1. The minimum atomic E-state index is -0.477. The Balaban J connectivity index is 2.07. The Morgan fingerprint density at radius 2 is 1.96 bits per heavy atom. The maximum Gasteiger partial charge on any atom is 0.177 e. The fourth-order valence-corrected chi connectivity index (χ4v) is 3.76. The van der Waals surface area contributed by atoms with Crippen LogP contribution in [-0.4, -0.2) is 11.4 Å². The van der Waals surface area contributed by atoms with Crippen molar-refractivity contribution in [3.05, 3.63) is 35.1 Å². The van der Waals surface area contributed by atoms with Crippen LogP contribution in [0.3, 0.4) is 0 Å². The van der Waals surface area contributed by atoms with Crippen molar-refractivity contribution >= 4 is 5.78 Å². The molecule has 0 N–H and O–H groups in total. The Morgan fingerprint density at radius 1 is 1.21 bits per heavy atom. The van der Waals surface area contributed by atoms with Crippen molar-refractivity contribution in [3.63, 3.8) is 0 Å². The van der Waals surface area contributed by atoms with E-state index in [2.05, 4.69) is 13.0 Å². The van der Waals surface area contributed by atoms with E-state index in [0.29, 0.717) is 17.1 Å². The van der Waals surface area contributed by atoms with Crippen LogP contribution < -0.4 is 9.47 Å². The first-order valence-electron chi connectivity index (χ1n) is 9.17. The Kier molecular flexibility index (Phi) is 4.71. The lowest BCUT2D eigenvalue weighted by Crippen LogP contribution is -2.46. The summed E-state index contributed by atoms with van der Waals surface area (Å²) in [7, 11) is 0. The Morgan fingerprint density at radius 3 is 2.71 bits per heavy atom. The van der Waals surface area contributed by atoms with Gasteiger partial charge in [0.1, 0.15) is 22.7 Å². The van der Waals surface area contributed by atoms with Gasteiger partial charge in [0, 0.05) is 0 Å². The number of unbranched alkanes of at least 4 members (excludes halogenated alkanes) is 2. The fraction of sp³-hybridized carbons (Fsp3) is 0.571. The van der Waals surface area contributed by atoms with Gasteiger partial charge < -0.3 is 9.47 Å². The summed E-state index contributed by atoms with van der Waals surface area (Å²) in [6, 6.07) is 4.08. The molecular weight excluding hydrogens is 300 g/mol. The molecule has 0 aromatic heterocycles. The molecule has 2 aliphatic heterocycles. The van der Waals surface area contributed by atoms with Gasteiger partial charge in [-0.1, -0.05) is 19.8 Å². The van der Waals surface area contributed by atoms with Crippen molar-refractivity contribution in [1.29, 1.82) is 0 Å². The molecule has 2 aliphatic rings. The average molecular weight is 328 g/mol. The molecule has 1 atom stereocenters. The Bertz CT molecular complexity index is 670. The summed E-state index contributed by atoms with van der Waals surface area (Å²) in [5.74, 6) is 2.26. The quantitative estimate of drug-likeness (QED) is 0.688. The number of fused-ring (bicyclic) bond motifs is 1. The number of hydrogen-bond acceptors (Lipinski definition) is 3. The van der Waals surface area contributed by atoms with Gasteiger partial charge in [0.05, 0.1) is 11.7 Å². The summed E-state index contributed by atoms with van der Waals surface area (Å²) in [6.07, 6.45) is 8.25. The smallest absolute Gasteiger partial charge is 0.177 e. The van der Waals surface area contributed by atoms with E-state index in [1.807, 2.05) is 32.9 Å². The summed E-state index contributed by atoms with van der Waals surface area (Å²) in [4.78, 5) is 13.1. The van der Waals surface area contributed by atoms with E-state index in [4.69, 9.17) is 9.47 Å². The molecule has 0 aliphatic carbocycles. The molecule has 0 fully saturated rings. The topological polar surface area (TPSA) is 35.5 Å². The molecule has 3 rings (SSSR count). The van der Waals surface area contributed by atoms with Gasteiger partial charge in [-0.05, 0) is 70.2 Å². The van der Waals surface area contributed by atoms with E-state index in [1.165, 1.54) is 18.4 Å². The third-order valence-corrected chi connectivity index (χ3v) is 5.13. The van der Waals surface area contributed by atoms with Gasteiger partial charge in [-0.2, -0.15) is 0 Å². The van der Waals surface area contributed by atoms with Crippen molar-refractivity contribution in [2.24, 2.45) is 5.92 Å². The minimum absolute atomic E-state index is 0.125. The number of ether oxygens (including phenoxy) is 2. The van der Waals surface area contributed by atoms with E-state index in [0.717, 1.165) is 31.4 Å². The van der Waals surface area contributed by atoms with E-state index < -0.39 is 5.60 Å². The largest absolute Gasteiger partial charge is 0.486 e. The van der Waals surface area contributed by atoms with Crippen LogP contribution in [0.2, 0.25) is 0 Å². The monoisotopic (exact) mass is 328 g/mol. The number of benzene rings is 1. The van der Waals surface area contributed by atoms with Crippen LogP contribution in [0.1, 0.15) is 75.7 Å². The molecule has 130 valence electrons. The normalized spacial score (nSPS) is 21.8. The number of carbonyl (C=O) groups excluding carboxylic acids is 1. The highest BCUT2D eigenvalue weighted by molar-refractivity contribution is 6.04. The lowest BCUT2D eigenvalue weighted by molar-refractivity contribution is 0.0236. The molecule has 24 heavy (non-hydrogen) atoms. The summed E-state index contributed by atoms with van der Waals surface area (Å²) < 4.78 is 12.3. The minimum Gasteiger partial charge on any atom is -0.486 e. The molecule has 0 saturated heterocycles. The van der Waals surface area contributed by atoms with Gasteiger partial charge in [0.25, 0.3) is 0 Å². The van der Waals surface area contributed by atoms with Crippen molar-refractivity contribution in [2.75, 3.05) is 0 Å². The number of Topliss-reactive ketones (excluding diaryl/α,β-unsaturated/α-hetero) is 1. The lowest BCUT2D eigenvalue weighted by atomic mass is 9.78. The zero-order valence-electron chi connectivity index (χ0n) is 15.3. The third kappa shape index (κ3) is 3.22. The highest BCUT2D eigenvalue weighted by Crippen LogP contribution is 2.45. The Hall–Kier alpha value is -1.77. The SMILES string of the molecule is CCCCCc1cc2c3c(c1)OC(C)(C)C(CCC=C(C)O2)C3=O. The zero-order valence-corrected chi connectivity index (χ0v) is 15.3. The van der Waals surface area contributed by atoms with Gasteiger partial charge in [-0.15, -0.1) is 0 Å². The highest BCUT2D eigenvalue weighted by Gasteiger charge is 2.44. The molecule has 0 spiro atoms. The number of rotatable bonds is 4. The number of aryl methyl sites for hydroxylation is 1. The number of carbonyl (C=O) groups is 1. The van der Waals surface area contributed by atoms with Crippen LogP contribution in [0, 0.1) is 5.92 Å². The summed E-state index contributed by atoms with van der Waals surface area (Å²) >= 11 is 0. The van der Waals surface area contributed by atoms with E-state index in [1.54, 1.807) is 0 Å². The third-order valence-electron chi connectivity index (χ3n) is 5.13. The van der Waals surface area contributed by atoms with Crippen molar-refractivity contribution in [1.82, 2.24) is 0 Å². The van der Waals surface area contributed by atoms with Gasteiger partial charge in [-0.25, -0.2) is 0 Å². The molecule has 0 radical (unpaired) electrons. The van der Waals surface area contributed by atoms with Crippen molar-refractivity contribution < 1.29 is 14.3 Å². The average Bonchev–Trinajstić information content (AvgIpc) is 2.54. The fourth-order valence-electron chi connectivity index (χ4n) is 3.76. The number of allylic oxidation sites excluding steroid dienone is 2. The second-order valence-electron chi connectivity index (χ2n) is 7.54. The second-order valence-corrected chi connectivity index (χ2v) is 7.54. The van der Waals surface area contributed by atoms with Crippen LogP contribution in [0.15, 0.2) is 24.0 Å². The molecule has 3 heteroatoms. The van der Waals surface area contributed by atoms with Crippen LogP contribution >= 0.6 is 0 Å². The lowest BCUT2D eigenvalue weighted by Gasteiger charge is -2.39. The van der Waals surface area contributed by atoms with Crippen LogP contribution in [-0.2, 0) is 6.42 Å². The predicted octanol–water partition coefficient (Wildman–Crippen LogP) is 5.47. The first-order chi connectivity index (χ1) is 11.4. The summed E-state index contributed by atoms with van der Waals surface area (Å²) in [5, 5.41) is 0. The Labute approximate surface area is 145 Å². The number of ketones is 1. The van der Waals surface area contributed by atoms with E-state index in [-0.39, 0.29) is 11.7 Å². The first-order valence-corrected chi connectivity index (χ1v) is 9.17. The molecular formula is C21H28O3. The predicted molar refractivity (Wildman–Crippen MR) is 95.8 cm³/mol. The van der Waals surface area contributed by atoms with Crippen LogP contribution in [0.25, 0.3) is 0 Å². The molecule has 2 heterocycles. The van der Waals surface area contributed by atoms with Gasteiger partial charge in [0.2, 0.25) is 0 Å². The maximum atomic E-state index is 13.1. The van der Waals surface area contributed by atoms with Gasteiger partial charge in [0.15, 0.2) is 5.78 Å². The first kappa shape index (κ1) is 17.1.